The van der Waals surface area contributed by atoms with E-state index in [-0.39, 0.29) is 5.76 Å². The zero-order valence-corrected chi connectivity index (χ0v) is 17.6. The first-order chi connectivity index (χ1) is 13.8. The third kappa shape index (κ3) is 4.50. The summed E-state index contributed by atoms with van der Waals surface area (Å²) in [6, 6.07) is 5.87. The molecule has 0 fully saturated rings. The molecule has 0 bridgehead atoms. The van der Waals surface area contributed by atoms with Crippen LogP contribution >= 0.6 is 22.9 Å². The molecule has 2 aromatic heterocycles. The molecule has 1 amide bonds. The number of carbonyl (C=O) groups excluding carboxylic acids is 1. The Hall–Kier alpha value is -2.69. The molecule has 0 aliphatic carbocycles. The highest BCUT2D eigenvalue weighted by molar-refractivity contribution is 7.23. The van der Waals surface area contributed by atoms with E-state index in [1.807, 2.05) is 19.0 Å². The van der Waals surface area contributed by atoms with Gasteiger partial charge in [-0.1, -0.05) is 22.9 Å². The van der Waals surface area contributed by atoms with Gasteiger partial charge in [0.25, 0.3) is 5.91 Å². The Labute approximate surface area is 175 Å². The highest BCUT2D eigenvalue weighted by Crippen LogP contribution is 2.39. The number of benzene rings is 1. The first kappa shape index (κ1) is 21.0. The van der Waals surface area contributed by atoms with Gasteiger partial charge in [-0.3, -0.25) is 19.8 Å². The summed E-state index contributed by atoms with van der Waals surface area (Å²) in [5.41, 5.74) is 0.552. The summed E-state index contributed by atoms with van der Waals surface area (Å²) in [4.78, 5) is 31.3. The van der Waals surface area contributed by atoms with Crippen molar-refractivity contribution in [3.63, 3.8) is 0 Å². The van der Waals surface area contributed by atoms with Crippen molar-refractivity contribution < 1.29 is 18.9 Å². The van der Waals surface area contributed by atoms with E-state index >= 15 is 0 Å². The van der Waals surface area contributed by atoms with E-state index in [0.29, 0.717) is 39.1 Å². The largest absolute Gasteiger partial charge is 0.494 e. The van der Waals surface area contributed by atoms with Gasteiger partial charge in [0.05, 0.1) is 22.9 Å². The predicted octanol–water partition coefficient (Wildman–Crippen LogP) is 4.06. The number of rotatable bonds is 8. The van der Waals surface area contributed by atoms with Crippen LogP contribution in [0, 0.1) is 10.1 Å². The van der Waals surface area contributed by atoms with Crippen LogP contribution in [0.2, 0.25) is 5.02 Å². The van der Waals surface area contributed by atoms with Crippen molar-refractivity contribution in [3.8, 4) is 5.75 Å². The average molecular weight is 439 g/mol. The predicted molar refractivity (Wildman–Crippen MR) is 111 cm³/mol. The molecular formula is C18H19ClN4O5S. The number of nitro groups is 1. The minimum atomic E-state index is -0.685. The van der Waals surface area contributed by atoms with Gasteiger partial charge < -0.3 is 14.1 Å². The van der Waals surface area contributed by atoms with Crippen LogP contribution in [0.5, 0.6) is 5.75 Å². The number of nitrogens with zero attached hydrogens (tertiary/aromatic N) is 4. The fourth-order valence-electron chi connectivity index (χ4n) is 2.72. The summed E-state index contributed by atoms with van der Waals surface area (Å²) < 4.78 is 11.1. The van der Waals surface area contributed by atoms with Crippen molar-refractivity contribution in [1.29, 1.82) is 0 Å². The zero-order valence-electron chi connectivity index (χ0n) is 16.0. The molecule has 0 N–H and O–H groups in total. The van der Waals surface area contributed by atoms with Crippen LogP contribution in [0.3, 0.4) is 0 Å². The standard InChI is InChI=1S/C18H19ClN4O5S/c1-21(2)9-4-10-22(17(24)13-7-8-14(28-13)23(25)26)18-20-15-12(27-3)6-5-11(19)16(15)29-18/h5-8H,4,9-10H2,1-3H3. The molecule has 0 saturated carbocycles. The van der Waals surface area contributed by atoms with Crippen LogP contribution in [0.25, 0.3) is 10.2 Å². The molecule has 2 heterocycles. The lowest BCUT2D eigenvalue weighted by Gasteiger charge is -2.19. The number of halogens is 1. The molecule has 0 radical (unpaired) electrons. The van der Waals surface area contributed by atoms with Gasteiger partial charge in [0, 0.05) is 6.54 Å². The molecule has 3 aromatic rings. The molecule has 11 heteroatoms. The van der Waals surface area contributed by atoms with Crippen LogP contribution in [-0.2, 0) is 0 Å². The molecule has 3 rings (SSSR count). The van der Waals surface area contributed by atoms with Crippen LogP contribution in [-0.4, -0.2) is 55.0 Å². The lowest BCUT2D eigenvalue weighted by Crippen LogP contribution is -2.33. The van der Waals surface area contributed by atoms with E-state index in [1.165, 1.54) is 29.4 Å². The zero-order chi connectivity index (χ0) is 21.1. The first-order valence-corrected chi connectivity index (χ1v) is 9.85. The number of amides is 1. The first-order valence-electron chi connectivity index (χ1n) is 8.65. The van der Waals surface area contributed by atoms with Gasteiger partial charge in [0.15, 0.2) is 10.9 Å². The minimum Gasteiger partial charge on any atom is -0.494 e. The van der Waals surface area contributed by atoms with Gasteiger partial charge in [-0.2, -0.15) is 0 Å². The number of thiazole rings is 1. The number of methoxy groups -OCH3 is 1. The molecular weight excluding hydrogens is 420 g/mol. The highest BCUT2D eigenvalue weighted by Gasteiger charge is 2.27. The summed E-state index contributed by atoms with van der Waals surface area (Å²) in [5.74, 6) is -0.582. The maximum absolute atomic E-state index is 13.1. The average Bonchev–Trinajstić information content (AvgIpc) is 3.33. The number of carbonyl (C=O) groups is 1. The van der Waals surface area contributed by atoms with Gasteiger partial charge in [-0.15, -0.1) is 0 Å². The van der Waals surface area contributed by atoms with Gasteiger partial charge >= 0.3 is 5.88 Å². The van der Waals surface area contributed by atoms with Crippen molar-refractivity contribution in [2.75, 3.05) is 39.2 Å². The van der Waals surface area contributed by atoms with Crippen molar-refractivity contribution in [2.45, 2.75) is 6.42 Å². The summed E-state index contributed by atoms with van der Waals surface area (Å²) in [6.45, 7) is 1.10. The normalized spacial score (nSPS) is 11.2. The third-order valence-electron chi connectivity index (χ3n) is 4.11. The number of hydrogen-bond acceptors (Lipinski definition) is 8. The number of aromatic nitrogens is 1. The molecule has 0 atom stereocenters. The Balaban J connectivity index is 2.00. The molecule has 1 aromatic carbocycles. The maximum Gasteiger partial charge on any atom is 0.433 e. The molecule has 0 saturated heterocycles. The van der Waals surface area contributed by atoms with E-state index in [1.54, 1.807) is 12.1 Å². The molecule has 154 valence electrons. The smallest absolute Gasteiger partial charge is 0.433 e. The quantitative estimate of drug-likeness (QED) is 0.386. The number of hydrogen-bond donors (Lipinski definition) is 0. The Morgan fingerprint density at radius 2 is 2.07 bits per heavy atom. The Bertz CT molecular complexity index is 1050. The van der Waals surface area contributed by atoms with Gasteiger partial charge in [-0.25, -0.2) is 4.98 Å². The molecule has 0 unspecified atom stereocenters. The maximum atomic E-state index is 13.1. The highest BCUT2D eigenvalue weighted by atomic mass is 35.5. The van der Waals surface area contributed by atoms with Crippen molar-refractivity contribution >= 4 is 50.1 Å². The van der Waals surface area contributed by atoms with Crippen LogP contribution in [0.15, 0.2) is 28.7 Å². The van der Waals surface area contributed by atoms with Crippen molar-refractivity contribution in [3.05, 3.63) is 45.2 Å². The van der Waals surface area contributed by atoms with Crippen LogP contribution in [0.1, 0.15) is 17.0 Å². The van der Waals surface area contributed by atoms with Crippen molar-refractivity contribution in [1.82, 2.24) is 9.88 Å². The SMILES string of the molecule is COc1ccc(Cl)c2sc(N(CCCN(C)C)C(=O)c3ccc([N+](=O)[O-])o3)nc12. The Kier molecular flexibility index (Phi) is 6.36. The molecule has 0 aliphatic heterocycles. The van der Waals surface area contributed by atoms with Gasteiger partial charge in [-0.05, 0) is 45.3 Å². The summed E-state index contributed by atoms with van der Waals surface area (Å²) in [6.07, 6.45) is 0.669. The number of furan rings is 1. The van der Waals surface area contributed by atoms with Gasteiger partial charge in [0.1, 0.15) is 16.2 Å². The summed E-state index contributed by atoms with van der Waals surface area (Å²) in [7, 11) is 5.40. The van der Waals surface area contributed by atoms with E-state index < -0.39 is 16.7 Å². The topological polar surface area (TPSA) is 102 Å². The minimum absolute atomic E-state index is 0.126. The fraction of sp³-hybridized carbons (Fsp3) is 0.333. The summed E-state index contributed by atoms with van der Waals surface area (Å²) in [5, 5.41) is 11.8. The van der Waals surface area contributed by atoms with Crippen LogP contribution < -0.4 is 9.64 Å². The number of anilines is 1. The molecule has 0 aliphatic rings. The summed E-state index contributed by atoms with van der Waals surface area (Å²) >= 11 is 7.55. The van der Waals surface area contributed by atoms with E-state index in [4.69, 9.17) is 20.8 Å². The fourth-order valence-corrected chi connectivity index (χ4v) is 4.00. The van der Waals surface area contributed by atoms with Gasteiger partial charge in [0.2, 0.25) is 0 Å². The second kappa shape index (κ2) is 8.76. The lowest BCUT2D eigenvalue weighted by atomic mass is 10.3. The second-order valence-electron chi connectivity index (χ2n) is 6.43. The second-order valence-corrected chi connectivity index (χ2v) is 7.82. The Morgan fingerprint density at radius 1 is 1.31 bits per heavy atom. The van der Waals surface area contributed by atoms with E-state index in [9.17, 15) is 14.9 Å². The Morgan fingerprint density at radius 3 is 2.69 bits per heavy atom. The van der Waals surface area contributed by atoms with Crippen molar-refractivity contribution in [2.24, 2.45) is 0 Å². The van der Waals surface area contributed by atoms with E-state index in [2.05, 4.69) is 4.98 Å². The molecule has 0 spiro atoms. The number of fused-ring (bicyclic) bond motifs is 1. The third-order valence-corrected chi connectivity index (χ3v) is 5.65. The molecule has 29 heavy (non-hydrogen) atoms. The monoisotopic (exact) mass is 438 g/mol. The number of ether oxygens (including phenoxy) is 1. The molecule has 9 nitrogen and oxygen atoms in total. The lowest BCUT2D eigenvalue weighted by molar-refractivity contribution is -0.402. The van der Waals surface area contributed by atoms with Crippen LogP contribution in [0.4, 0.5) is 11.0 Å². The van der Waals surface area contributed by atoms with E-state index in [0.717, 1.165) is 12.6 Å².